The first kappa shape index (κ1) is 12.8. The van der Waals surface area contributed by atoms with Gasteiger partial charge in [-0.3, -0.25) is 0 Å². The molecule has 0 spiro atoms. The fraction of sp³-hybridized carbons (Fsp3) is 1.00. The van der Waals surface area contributed by atoms with Gasteiger partial charge in [0, 0.05) is 13.1 Å². The molecular formula is C8H20N2O3. The van der Waals surface area contributed by atoms with Crippen molar-refractivity contribution in [1.29, 1.82) is 0 Å². The van der Waals surface area contributed by atoms with Crippen molar-refractivity contribution in [2.75, 3.05) is 40.4 Å². The van der Waals surface area contributed by atoms with E-state index in [1.54, 1.807) is 0 Å². The molecule has 0 saturated heterocycles. The zero-order valence-electron chi connectivity index (χ0n) is 8.27. The first-order valence-corrected chi connectivity index (χ1v) is 4.38. The van der Waals surface area contributed by atoms with E-state index < -0.39 is 6.10 Å². The summed E-state index contributed by atoms with van der Waals surface area (Å²) >= 11 is 0. The van der Waals surface area contributed by atoms with Crippen LogP contribution in [0.3, 0.4) is 0 Å². The van der Waals surface area contributed by atoms with Crippen molar-refractivity contribution < 1.29 is 15.3 Å². The Bertz CT molecular complexity index is 118. The Labute approximate surface area is 79.0 Å². The Kier molecular flexibility index (Phi) is 7.12. The van der Waals surface area contributed by atoms with Crippen molar-refractivity contribution in [2.45, 2.75) is 12.1 Å². The number of nitrogens with zero attached hydrogens (tertiary/aromatic N) is 1. The van der Waals surface area contributed by atoms with Crippen LogP contribution < -0.4 is 5.32 Å². The predicted octanol–water partition coefficient (Wildman–Crippen LogP) is -2.15. The standard InChI is InChI=1S/C8H20N2O3/c1-10(2)4-8(13)3-9-7(5-11)6-12/h7-9,11-13H,3-6H2,1-2H3. The molecule has 0 radical (unpaired) electrons. The van der Waals surface area contributed by atoms with Crippen LogP contribution >= 0.6 is 0 Å². The summed E-state index contributed by atoms with van der Waals surface area (Å²) in [6.07, 6.45) is -0.476. The highest BCUT2D eigenvalue weighted by molar-refractivity contribution is 4.68. The van der Waals surface area contributed by atoms with Crippen molar-refractivity contribution in [3.63, 3.8) is 0 Å². The highest BCUT2D eigenvalue weighted by Crippen LogP contribution is 1.86. The van der Waals surface area contributed by atoms with E-state index in [1.807, 2.05) is 19.0 Å². The van der Waals surface area contributed by atoms with Gasteiger partial charge in [0.05, 0.1) is 25.4 Å². The van der Waals surface area contributed by atoms with E-state index in [9.17, 15) is 5.11 Å². The molecule has 4 N–H and O–H groups in total. The quantitative estimate of drug-likeness (QED) is 0.370. The van der Waals surface area contributed by atoms with Gasteiger partial charge in [0.1, 0.15) is 0 Å². The van der Waals surface area contributed by atoms with E-state index in [4.69, 9.17) is 10.2 Å². The smallest absolute Gasteiger partial charge is 0.0791 e. The van der Waals surface area contributed by atoms with Crippen LogP contribution in [0.1, 0.15) is 0 Å². The molecule has 0 aromatic carbocycles. The topological polar surface area (TPSA) is 76.0 Å². The van der Waals surface area contributed by atoms with Crippen LogP contribution in [0.4, 0.5) is 0 Å². The van der Waals surface area contributed by atoms with Crippen molar-refractivity contribution >= 4 is 0 Å². The van der Waals surface area contributed by atoms with Gasteiger partial charge in [0.25, 0.3) is 0 Å². The summed E-state index contributed by atoms with van der Waals surface area (Å²) < 4.78 is 0. The predicted molar refractivity (Wildman–Crippen MR) is 50.5 cm³/mol. The molecule has 0 saturated carbocycles. The molecule has 0 aromatic rings. The van der Waals surface area contributed by atoms with E-state index in [-0.39, 0.29) is 19.3 Å². The van der Waals surface area contributed by atoms with Crippen molar-refractivity contribution in [2.24, 2.45) is 0 Å². The van der Waals surface area contributed by atoms with Gasteiger partial charge in [-0.1, -0.05) is 0 Å². The summed E-state index contributed by atoms with van der Waals surface area (Å²) in [4.78, 5) is 1.87. The Hall–Kier alpha value is -0.200. The molecule has 13 heavy (non-hydrogen) atoms. The van der Waals surface area contributed by atoms with Crippen molar-refractivity contribution in [1.82, 2.24) is 10.2 Å². The molecule has 80 valence electrons. The zero-order valence-corrected chi connectivity index (χ0v) is 8.27. The Morgan fingerprint density at radius 2 is 1.77 bits per heavy atom. The summed E-state index contributed by atoms with van der Waals surface area (Å²) in [5.41, 5.74) is 0. The molecule has 5 nitrogen and oxygen atoms in total. The normalized spacial score (nSPS) is 14.1. The lowest BCUT2D eigenvalue weighted by atomic mass is 10.3. The summed E-state index contributed by atoms with van der Waals surface area (Å²) in [7, 11) is 3.75. The zero-order chi connectivity index (χ0) is 10.3. The number of hydrogen-bond donors (Lipinski definition) is 4. The van der Waals surface area contributed by atoms with Crippen molar-refractivity contribution in [3.05, 3.63) is 0 Å². The van der Waals surface area contributed by atoms with E-state index in [1.165, 1.54) is 0 Å². The monoisotopic (exact) mass is 192 g/mol. The first-order valence-electron chi connectivity index (χ1n) is 4.38. The van der Waals surface area contributed by atoms with Gasteiger partial charge in [-0.05, 0) is 14.1 Å². The third kappa shape index (κ3) is 6.92. The van der Waals surface area contributed by atoms with E-state index in [0.29, 0.717) is 13.1 Å². The average molecular weight is 192 g/mol. The van der Waals surface area contributed by atoms with Gasteiger partial charge < -0.3 is 25.5 Å². The molecule has 5 heteroatoms. The Morgan fingerprint density at radius 1 is 1.23 bits per heavy atom. The van der Waals surface area contributed by atoms with Crippen LogP contribution in [-0.4, -0.2) is 72.8 Å². The lowest BCUT2D eigenvalue weighted by Crippen LogP contribution is -2.43. The third-order valence-corrected chi connectivity index (χ3v) is 1.66. The second-order valence-electron chi connectivity index (χ2n) is 3.39. The van der Waals surface area contributed by atoms with E-state index >= 15 is 0 Å². The molecule has 0 amide bonds. The maximum absolute atomic E-state index is 9.39. The van der Waals surface area contributed by atoms with Gasteiger partial charge >= 0.3 is 0 Å². The lowest BCUT2D eigenvalue weighted by Gasteiger charge is -2.19. The molecule has 0 bridgehead atoms. The van der Waals surface area contributed by atoms with E-state index in [2.05, 4.69) is 5.32 Å². The number of aliphatic hydroxyl groups excluding tert-OH is 3. The highest BCUT2D eigenvalue weighted by Gasteiger charge is 2.09. The fourth-order valence-corrected chi connectivity index (χ4v) is 0.976. The third-order valence-electron chi connectivity index (χ3n) is 1.66. The van der Waals surface area contributed by atoms with Gasteiger partial charge in [-0.15, -0.1) is 0 Å². The summed E-state index contributed by atoms with van der Waals surface area (Å²) in [5, 5.41) is 29.7. The van der Waals surface area contributed by atoms with Crippen LogP contribution in [0.15, 0.2) is 0 Å². The maximum atomic E-state index is 9.39. The second kappa shape index (κ2) is 7.23. The van der Waals surface area contributed by atoms with Crippen LogP contribution in [0.25, 0.3) is 0 Å². The molecular weight excluding hydrogens is 172 g/mol. The lowest BCUT2D eigenvalue weighted by molar-refractivity contribution is 0.114. The van der Waals surface area contributed by atoms with Gasteiger partial charge in [-0.25, -0.2) is 0 Å². The summed E-state index contributed by atoms with van der Waals surface area (Å²) in [6.45, 7) is 0.705. The molecule has 1 unspecified atom stereocenters. The minimum absolute atomic E-state index is 0.120. The van der Waals surface area contributed by atoms with Crippen LogP contribution in [0.2, 0.25) is 0 Å². The molecule has 0 rings (SSSR count). The number of rotatable bonds is 7. The van der Waals surface area contributed by atoms with Crippen LogP contribution in [-0.2, 0) is 0 Å². The molecule has 0 aliphatic heterocycles. The second-order valence-corrected chi connectivity index (χ2v) is 3.39. The molecule has 0 heterocycles. The number of aliphatic hydroxyl groups is 3. The van der Waals surface area contributed by atoms with Gasteiger partial charge in [-0.2, -0.15) is 0 Å². The average Bonchev–Trinajstić information content (AvgIpc) is 2.05. The molecule has 0 aliphatic carbocycles. The van der Waals surface area contributed by atoms with Crippen LogP contribution in [0, 0.1) is 0 Å². The maximum Gasteiger partial charge on any atom is 0.0791 e. The summed E-state index contributed by atoms with van der Waals surface area (Å²) in [5.74, 6) is 0. The van der Waals surface area contributed by atoms with Gasteiger partial charge in [0.15, 0.2) is 0 Å². The minimum Gasteiger partial charge on any atom is -0.395 e. The SMILES string of the molecule is CN(C)CC(O)CNC(CO)CO. The van der Waals surface area contributed by atoms with Crippen molar-refractivity contribution in [3.8, 4) is 0 Å². The largest absolute Gasteiger partial charge is 0.395 e. The minimum atomic E-state index is -0.476. The Balaban J connectivity index is 3.49. The number of hydrogen-bond acceptors (Lipinski definition) is 5. The molecule has 0 aromatic heterocycles. The number of likely N-dealkylation sites (N-methyl/N-ethyl adjacent to an activating group) is 1. The molecule has 0 fully saturated rings. The molecule has 1 atom stereocenters. The summed E-state index contributed by atoms with van der Waals surface area (Å²) in [6, 6.07) is -0.336. The fourth-order valence-electron chi connectivity index (χ4n) is 0.976. The van der Waals surface area contributed by atoms with Crippen LogP contribution in [0.5, 0.6) is 0 Å². The number of nitrogens with one attached hydrogen (secondary N) is 1. The molecule has 0 aliphatic rings. The highest BCUT2D eigenvalue weighted by atomic mass is 16.3. The first-order chi connectivity index (χ1) is 6.10. The van der Waals surface area contributed by atoms with E-state index in [0.717, 1.165) is 0 Å². The Morgan fingerprint density at radius 3 is 2.15 bits per heavy atom. The van der Waals surface area contributed by atoms with Gasteiger partial charge in [0.2, 0.25) is 0 Å².